The molecular formula is C17H26N2. The summed E-state index contributed by atoms with van der Waals surface area (Å²) in [5, 5.41) is 3.77. The maximum Gasteiger partial charge on any atom is 0.0535 e. The van der Waals surface area contributed by atoms with Gasteiger partial charge in [-0.3, -0.25) is 4.90 Å². The van der Waals surface area contributed by atoms with E-state index in [1.54, 1.807) is 0 Å². The summed E-state index contributed by atoms with van der Waals surface area (Å²) >= 11 is 0. The molecule has 0 radical (unpaired) electrons. The van der Waals surface area contributed by atoms with Crippen molar-refractivity contribution in [1.82, 2.24) is 10.2 Å². The summed E-state index contributed by atoms with van der Waals surface area (Å²) in [6.45, 7) is 10.6. The van der Waals surface area contributed by atoms with Gasteiger partial charge in [0, 0.05) is 12.6 Å². The molecule has 1 heterocycles. The van der Waals surface area contributed by atoms with E-state index in [1.165, 1.54) is 24.9 Å². The molecule has 1 saturated carbocycles. The van der Waals surface area contributed by atoms with Gasteiger partial charge in [0.25, 0.3) is 0 Å². The molecule has 1 aromatic carbocycles. The fraction of sp³-hybridized carbons (Fsp3) is 0.647. The first-order valence-electron chi connectivity index (χ1n) is 7.56. The van der Waals surface area contributed by atoms with Gasteiger partial charge in [-0.05, 0) is 43.8 Å². The Labute approximate surface area is 117 Å². The van der Waals surface area contributed by atoms with Crippen LogP contribution >= 0.6 is 0 Å². The third-order valence-electron chi connectivity index (χ3n) is 4.97. The third-order valence-corrected chi connectivity index (χ3v) is 4.97. The Kier molecular flexibility index (Phi) is 3.18. The van der Waals surface area contributed by atoms with E-state index in [4.69, 9.17) is 0 Å². The SMILES string of the molecule is CC1(c2ccccc2)CN(C2CC2(C)C)CCCN1. The Balaban J connectivity index is 1.81. The molecule has 2 heteroatoms. The molecule has 3 rings (SSSR count). The quantitative estimate of drug-likeness (QED) is 0.877. The maximum atomic E-state index is 3.77. The van der Waals surface area contributed by atoms with Gasteiger partial charge in [-0.2, -0.15) is 0 Å². The first kappa shape index (κ1) is 13.1. The van der Waals surface area contributed by atoms with Crippen molar-refractivity contribution in [1.29, 1.82) is 0 Å². The highest BCUT2D eigenvalue weighted by Gasteiger charge is 2.50. The zero-order chi connectivity index (χ0) is 13.5. The van der Waals surface area contributed by atoms with Crippen LogP contribution in [-0.4, -0.2) is 30.6 Å². The lowest BCUT2D eigenvalue weighted by atomic mass is 9.91. The molecular weight excluding hydrogens is 232 g/mol. The molecule has 2 nitrogen and oxygen atoms in total. The molecule has 1 saturated heterocycles. The van der Waals surface area contributed by atoms with E-state index in [2.05, 4.69) is 61.3 Å². The molecule has 104 valence electrons. The predicted molar refractivity (Wildman–Crippen MR) is 80.2 cm³/mol. The van der Waals surface area contributed by atoms with Crippen LogP contribution in [0.25, 0.3) is 0 Å². The molecule has 0 aromatic heterocycles. The molecule has 2 aliphatic rings. The van der Waals surface area contributed by atoms with Crippen molar-refractivity contribution in [3.63, 3.8) is 0 Å². The lowest BCUT2D eigenvalue weighted by molar-refractivity contribution is 0.193. The Morgan fingerprint density at radius 3 is 2.47 bits per heavy atom. The molecule has 1 aromatic rings. The molecule has 0 amide bonds. The van der Waals surface area contributed by atoms with Gasteiger partial charge < -0.3 is 5.32 Å². The van der Waals surface area contributed by atoms with E-state index < -0.39 is 0 Å². The van der Waals surface area contributed by atoms with Crippen molar-refractivity contribution in [2.45, 2.75) is 45.2 Å². The first-order chi connectivity index (χ1) is 9.01. The summed E-state index contributed by atoms with van der Waals surface area (Å²) < 4.78 is 0. The Hall–Kier alpha value is -0.860. The third kappa shape index (κ3) is 2.56. The van der Waals surface area contributed by atoms with Gasteiger partial charge >= 0.3 is 0 Å². The maximum absolute atomic E-state index is 3.77. The zero-order valence-corrected chi connectivity index (χ0v) is 12.4. The Bertz CT molecular complexity index is 440. The topological polar surface area (TPSA) is 15.3 Å². The highest BCUT2D eigenvalue weighted by Crippen LogP contribution is 2.49. The van der Waals surface area contributed by atoms with Crippen LogP contribution in [0.4, 0.5) is 0 Å². The highest BCUT2D eigenvalue weighted by molar-refractivity contribution is 5.25. The van der Waals surface area contributed by atoms with E-state index in [-0.39, 0.29) is 5.54 Å². The first-order valence-corrected chi connectivity index (χ1v) is 7.56. The number of rotatable bonds is 2. The molecule has 0 spiro atoms. The smallest absolute Gasteiger partial charge is 0.0535 e. The second-order valence-electron chi connectivity index (χ2n) is 7.16. The lowest BCUT2D eigenvalue weighted by Gasteiger charge is -2.35. The van der Waals surface area contributed by atoms with E-state index in [9.17, 15) is 0 Å². The average Bonchev–Trinajstić information content (AvgIpc) is 3.07. The monoisotopic (exact) mass is 258 g/mol. The number of nitrogens with one attached hydrogen (secondary N) is 1. The fourth-order valence-electron chi connectivity index (χ4n) is 3.52. The van der Waals surface area contributed by atoms with Gasteiger partial charge in [-0.25, -0.2) is 0 Å². The summed E-state index contributed by atoms with van der Waals surface area (Å²) in [5.74, 6) is 0. The standard InChI is InChI=1S/C17H26N2/c1-16(2)12-15(16)19-11-7-10-18-17(3,13-19)14-8-5-4-6-9-14/h4-6,8-9,15,18H,7,10-13H2,1-3H3. The number of nitrogens with zero attached hydrogens (tertiary/aromatic N) is 1. The molecule has 1 aliphatic heterocycles. The average molecular weight is 258 g/mol. The van der Waals surface area contributed by atoms with Crippen molar-refractivity contribution in [3.8, 4) is 0 Å². The molecule has 1 aliphatic carbocycles. The molecule has 0 bridgehead atoms. The second-order valence-corrected chi connectivity index (χ2v) is 7.16. The van der Waals surface area contributed by atoms with Crippen LogP contribution in [0.1, 0.15) is 39.2 Å². The van der Waals surface area contributed by atoms with Gasteiger partial charge in [0.2, 0.25) is 0 Å². The van der Waals surface area contributed by atoms with Gasteiger partial charge in [0.15, 0.2) is 0 Å². The van der Waals surface area contributed by atoms with Crippen LogP contribution in [0.5, 0.6) is 0 Å². The van der Waals surface area contributed by atoms with Crippen molar-refractivity contribution < 1.29 is 0 Å². The number of hydrogen-bond donors (Lipinski definition) is 1. The van der Waals surface area contributed by atoms with Gasteiger partial charge in [0.1, 0.15) is 0 Å². The van der Waals surface area contributed by atoms with E-state index in [0.29, 0.717) is 5.41 Å². The Morgan fingerprint density at radius 2 is 1.84 bits per heavy atom. The van der Waals surface area contributed by atoms with Crippen molar-refractivity contribution >= 4 is 0 Å². The Morgan fingerprint density at radius 1 is 1.16 bits per heavy atom. The fourth-order valence-corrected chi connectivity index (χ4v) is 3.52. The largest absolute Gasteiger partial charge is 0.307 e. The van der Waals surface area contributed by atoms with Crippen molar-refractivity contribution in [3.05, 3.63) is 35.9 Å². The minimum absolute atomic E-state index is 0.0937. The normalized spacial score (nSPS) is 34.8. The predicted octanol–water partition coefficient (Wildman–Crippen LogP) is 3.00. The summed E-state index contributed by atoms with van der Waals surface area (Å²) in [6.07, 6.45) is 2.62. The van der Waals surface area contributed by atoms with Crippen LogP contribution in [0, 0.1) is 5.41 Å². The molecule has 1 N–H and O–H groups in total. The zero-order valence-electron chi connectivity index (χ0n) is 12.4. The van der Waals surface area contributed by atoms with Gasteiger partial charge in [-0.15, -0.1) is 0 Å². The number of hydrogen-bond acceptors (Lipinski definition) is 2. The van der Waals surface area contributed by atoms with Crippen LogP contribution in [0.2, 0.25) is 0 Å². The molecule has 19 heavy (non-hydrogen) atoms. The summed E-state index contributed by atoms with van der Waals surface area (Å²) in [6, 6.07) is 11.7. The highest BCUT2D eigenvalue weighted by atomic mass is 15.2. The summed E-state index contributed by atoms with van der Waals surface area (Å²) in [5.41, 5.74) is 2.04. The van der Waals surface area contributed by atoms with E-state index in [0.717, 1.165) is 19.1 Å². The van der Waals surface area contributed by atoms with Crippen LogP contribution in [0.15, 0.2) is 30.3 Å². The van der Waals surface area contributed by atoms with E-state index in [1.807, 2.05) is 0 Å². The van der Waals surface area contributed by atoms with Gasteiger partial charge in [0.05, 0.1) is 5.54 Å². The molecule has 2 atom stereocenters. The van der Waals surface area contributed by atoms with Crippen LogP contribution in [0.3, 0.4) is 0 Å². The number of benzene rings is 1. The van der Waals surface area contributed by atoms with E-state index >= 15 is 0 Å². The molecule has 2 unspecified atom stereocenters. The summed E-state index contributed by atoms with van der Waals surface area (Å²) in [4.78, 5) is 2.72. The minimum Gasteiger partial charge on any atom is -0.307 e. The minimum atomic E-state index is 0.0937. The van der Waals surface area contributed by atoms with Gasteiger partial charge in [-0.1, -0.05) is 44.2 Å². The summed E-state index contributed by atoms with van der Waals surface area (Å²) in [7, 11) is 0. The second kappa shape index (κ2) is 4.60. The van der Waals surface area contributed by atoms with Crippen LogP contribution in [-0.2, 0) is 5.54 Å². The van der Waals surface area contributed by atoms with Crippen LogP contribution < -0.4 is 5.32 Å². The molecule has 2 fully saturated rings. The van der Waals surface area contributed by atoms with Crippen molar-refractivity contribution in [2.75, 3.05) is 19.6 Å². The van der Waals surface area contributed by atoms with Crippen molar-refractivity contribution in [2.24, 2.45) is 5.41 Å². The lowest BCUT2D eigenvalue weighted by Crippen LogP contribution is -2.47.